The quantitative estimate of drug-likeness (QED) is 0.403. The molecule has 74 valence electrons. The summed E-state index contributed by atoms with van der Waals surface area (Å²) in [6.07, 6.45) is 0.658. The van der Waals surface area contributed by atoms with Gasteiger partial charge in [-0.15, -0.1) is 0 Å². The average molecular weight is 187 g/mol. The van der Waals surface area contributed by atoms with Crippen LogP contribution in [0.4, 0.5) is 0 Å². The summed E-state index contributed by atoms with van der Waals surface area (Å²) in [6, 6.07) is -0.280. The number of rotatable bonds is 3. The Bertz CT molecular complexity index is 205. The largest absolute Gasteiger partial charge is 0.394 e. The van der Waals surface area contributed by atoms with Crippen LogP contribution in [0.25, 0.3) is 10.4 Å². The van der Waals surface area contributed by atoms with E-state index in [9.17, 15) is 0 Å². The van der Waals surface area contributed by atoms with Crippen molar-refractivity contribution in [1.82, 2.24) is 0 Å². The van der Waals surface area contributed by atoms with Gasteiger partial charge in [-0.25, -0.2) is 0 Å². The number of hydrogen-bond donors (Lipinski definition) is 1. The molecule has 1 N–H and O–H groups in total. The van der Waals surface area contributed by atoms with Crippen LogP contribution in [-0.4, -0.2) is 37.3 Å². The Labute approximate surface area is 76.1 Å². The van der Waals surface area contributed by atoms with Gasteiger partial charge < -0.3 is 14.6 Å². The number of aliphatic hydroxyl groups excluding tert-OH is 1. The third kappa shape index (κ3) is 2.57. The molecule has 6 nitrogen and oxygen atoms in total. The first-order chi connectivity index (χ1) is 6.31. The number of nitrogens with zero attached hydrogens (tertiary/aromatic N) is 3. The number of ether oxygens (including phenoxy) is 2. The van der Waals surface area contributed by atoms with Crippen LogP contribution in [0.1, 0.15) is 12.8 Å². The van der Waals surface area contributed by atoms with E-state index in [0.717, 1.165) is 0 Å². The molecule has 1 aliphatic heterocycles. The Kier molecular flexibility index (Phi) is 3.98. The van der Waals surface area contributed by atoms with E-state index in [1.807, 2.05) is 0 Å². The monoisotopic (exact) mass is 187 g/mol. The Hall–Kier alpha value is -0.810. The fourth-order valence-electron chi connectivity index (χ4n) is 1.37. The molecule has 6 heteroatoms. The molecular weight excluding hydrogens is 174 g/mol. The molecular formula is C7H13N3O3. The van der Waals surface area contributed by atoms with E-state index < -0.39 is 6.29 Å². The normalized spacial score (nSPS) is 33.8. The molecule has 0 amide bonds. The maximum absolute atomic E-state index is 8.84. The number of aliphatic hydroxyl groups is 1. The molecule has 1 saturated heterocycles. The third-order valence-corrected chi connectivity index (χ3v) is 2.06. The van der Waals surface area contributed by atoms with Crippen LogP contribution in [0, 0.1) is 0 Å². The molecule has 0 saturated carbocycles. The van der Waals surface area contributed by atoms with Gasteiger partial charge in [0.2, 0.25) is 0 Å². The van der Waals surface area contributed by atoms with Crippen LogP contribution in [0.5, 0.6) is 0 Å². The molecule has 0 unspecified atom stereocenters. The van der Waals surface area contributed by atoms with E-state index in [1.165, 1.54) is 7.11 Å². The highest BCUT2D eigenvalue weighted by atomic mass is 16.7. The average Bonchev–Trinajstić information content (AvgIpc) is 2.19. The van der Waals surface area contributed by atoms with Crippen molar-refractivity contribution >= 4 is 0 Å². The van der Waals surface area contributed by atoms with Crippen molar-refractivity contribution in [2.75, 3.05) is 13.7 Å². The maximum atomic E-state index is 8.84. The van der Waals surface area contributed by atoms with Gasteiger partial charge >= 0.3 is 0 Å². The van der Waals surface area contributed by atoms with Crippen LogP contribution in [-0.2, 0) is 9.47 Å². The Morgan fingerprint density at radius 2 is 2.46 bits per heavy atom. The van der Waals surface area contributed by atoms with Gasteiger partial charge in [0.25, 0.3) is 0 Å². The zero-order valence-electron chi connectivity index (χ0n) is 7.46. The maximum Gasteiger partial charge on any atom is 0.166 e. The molecule has 1 fully saturated rings. The molecule has 0 bridgehead atoms. The predicted octanol–water partition coefficient (Wildman–Crippen LogP) is 0.809. The Balaban J connectivity index is 2.54. The molecule has 0 aromatic rings. The smallest absolute Gasteiger partial charge is 0.166 e. The standard InChI is InChI=1S/C7H13N3O3/c1-12-7-6(9-10-8)3-2-5(4-11)13-7/h5-7,11H,2-4H2,1H3/t5-,6+,7+/m0/s1. The lowest BCUT2D eigenvalue weighted by molar-refractivity contribution is -0.196. The van der Waals surface area contributed by atoms with Crippen molar-refractivity contribution in [3.05, 3.63) is 10.4 Å². The van der Waals surface area contributed by atoms with Crippen molar-refractivity contribution < 1.29 is 14.6 Å². The summed E-state index contributed by atoms with van der Waals surface area (Å²) in [5, 5.41) is 12.4. The molecule has 1 rings (SSSR count). The second-order valence-electron chi connectivity index (χ2n) is 2.89. The molecule has 3 atom stereocenters. The van der Waals surface area contributed by atoms with Crippen LogP contribution in [0.2, 0.25) is 0 Å². The zero-order valence-corrected chi connectivity index (χ0v) is 7.46. The minimum Gasteiger partial charge on any atom is -0.394 e. The summed E-state index contributed by atoms with van der Waals surface area (Å²) in [7, 11) is 1.49. The van der Waals surface area contributed by atoms with Gasteiger partial charge in [-0.1, -0.05) is 5.11 Å². The van der Waals surface area contributed by atoms with Gasteiger partial charge in [0, 0.05) is 12.0 Å². The molecule has 1 heterocycles. The van der Waals surface area contributed by atoms with E-state index in [1.54, 1.807) is 0 Å². The number of methoxy groups -OCH3 is 1. The molecule has 0 spiro atoms. The van der Waals surface area contributed by atoms with Crippen LogP contribution < -0.4 is 0 Å². The number of hydrogen-bond acceptors (Lipinski definition) is 4. The van der Waals surface area contributed by atoms with Crippen molar-refractivity contribution in [1.29, 1.82) is 0 Å². The van der Waals surface area contributed by atoms with Gasteiger partial charge in [-0.2, -0.15) is 0 Å². The van der Waals surface area contributed by atoms with E-state index in [0.29, 0.717) is 12.8 Å². The van der Waals surface area contributed by atoms with Crippen LogP contribution in [0.3, 0.4) is 0 Å². The fourth-order valence-corrected chi connectivity index (χ4v) is 1.37. The first kappa shape index (κ1) is 10.3. The molecule has 0 radical (unpaired) electrons. The highest BCUT2D eigenvalue weighted by molar-refractivity contribution is 4.79. The second kappa shape index (κ2) is 5.04. The van der Waals surface area contributed by atoms with Gasteiger partial charge in [-0.3, -0.25) is 0 Å². The minimum absolute atomic E-state index is 0.0250. The SMILES string of the molecule is CO[C@@H]1O[C@H](CO)CC[C@H]1N=[N+]=[N-]. The Morgan fingerprint density at radius 1 is 1.69 bits per heavy atom. The first-order valence-electron chi connectivity index (χ1n) is 4.15. The molecule has 1 aliphatic rings. The van der Waals surface area contributed by atoms with Crippen molar-refractivity contribution in [2.24, 2.45) is 5.11 Å². The summed E-state index contributed by atoms with van der Waals surface area (Å²) in [6.45, 7) is -0.0250. The summed E-state index contributed by atoms with van der Waals surface area (Å²) >= 11 is 0. The summed E-state index contributed by atoms with van der Waals surface area (Å²) in [5.74, 6) is 0. The van der Waals surface area contributed by atoms with Gasteiger partial charge in [0.05, 0.1) is 18.8 Å². The first-order valence-corrected chi connectivity index (χ1v) is 4.15. The van der Waals surface area contributed by atoms with Gasteiger partial charge in [0.1, 0.15) is 0 Å². The topological polar surface area (TPSA) is 87.5 Å². The third-order valence-electron chi connectivity index (χ3n) is 2.06. The molecule has 13 heavy (non-hydrogen) atoms. The molecule has 0 aromatic carbocycles. The highest BCUT2D eigenvalue weighted by Crippen LogP contribution is 2.22. The van der Waals surface area contributed by atoms with E-state index >= 15 is 0 Å². The minimum atomic E-state index is -0.526. The lowest BCUT2D eigenvalue weighted by Gasteiger charge is -2.32. The van der Waals surface area contributed by atoms with E-state index in [2.05, 4.69) is 10.0 Å². The summed E-state index contributed by atoms with van der Waals surface area (Å²) < 4.78 is 10.3. The van der Waals surface area contributed by atoms with Crippen molar-refractivity contribution in [2.45, 2.75) is 31.3 Å². The summed E-state index contributed by atoms with van der Waals surface area (Å²) in [4.78, 5) is 2.71. The van der Waals surface area contributed by atoms with Crippen LogP contribution >= 0.6 is 0 Å². The van der Waals surface area contributed by atoms with Gasteiger partial charge in [0.15, 0.2) is 6.29 Å². The predicted molar refractivity (Wildman–Crippen MR) is 44.9 cm³/mol. The summed E-state index contributed by atoms with van der Waals surface area (Å²) in [5.41, 5.74) is 8.25. The molecule has 0 aliphatic carbocycles. The van der Waals surface area contributed by atoms with E-state index in [4.69, 9.17) is 20.1 Å². The fraction of sp³-hybridized carbons (Fsp3) is 1.00. The van der Waals surface area contributed by atoms with Crippen LogP contribution in [0.15, 0.2) is 5.11 Å². The van der Waals surface area contributed by atoms with E-state index in [-0.39, 0.29) is 18.8 Å². The van der Waals surface area contributed by atoms with Crippen molar-refractivity contribution in [3.63, 3.8) is 0 Å². The zero-order chi connectivity index (χ0) is 9.68. The van der Waals surface area contributed by atoms with Gasteiger partial charge in [-0.05, 0) is 18.4 Å². The second-order valence-corrected chi connectivity index (χ2v) is 2.89. The molecule has 0 aromatic heterocycles. The Morgan fingerprint density at radius 3 is 3.00 bits per heavy atom. The van der Waals surface area contributed by atoms with Crippen molar-refractivity contribution in [3.8, 4) is 0 Å². The highest BCUT2D eigenvalue weighted by Gasteiger charge is 2.29. The lowest BCUT2D eigenvalue weighted by atomic mass is 10.1. The lowest BCUT2D eigenvalue weighted by Crippen LogP contribution is -2.40. The number of azide groups is 1.